The summed E-state index contributed by atoms with van der Waals surface area (Å²) in [4.78, 5) is 10.3. The molecule has 0 saturated heterocycles. The Bertz CT molecular complexity index is 439. The van der Waals surface area contributed by atoms with Crippen LogP contribution in [0.5, 0.6) is 0 Å². The lowest BCUT2D eigenvalue weighted by molar-refractivity contribution is -0.384. The monoisotopic (exact) mass is 256 g/mol. The Kier molecular flexibility index (Phi) is 4.61. The molecule has 0 aliphatic heterocycles. The molecule has 1 unspecified atom stereocenters. The molecule has 0 heterocycles. The van der Waals surface area contributed by atoms with Crippen molar-refractivity contribution in [2.24, 2.45) is 0 Å². The summed E-state index contributed by atoms with van der Waals surface area (Å²) in [5, 5.41) is 22.8. The predicted molar refractivity (Wildman–Crippen MR) is 67.1 cm³/mol. The molecule has 1 aromatic carbocycles. The van der Waals surface area contributed by atoms with E-state index in [-0.39, 0.29) is 18.0 Å². The van der Waals surface area contributed by atoms with E-state index < -0.39 is 16.3 Å². The van der Waals surface area contributed by atoms with E-state index in [1.165, 1.54) is 0 Å². The van der Waals surface area contributed by atoms with Gasteiger partial charge in [-0.25, -0.2) is 4.39 Å². The largest absolute Gasteiger partial charge is 0.396 e. The van der Waals surface area contributed by atoms with Crippen molar-refractivity contribution in [3.63, 3.8) is 0 Å². The number of anilines is 1. The van der Waals surface area contributed by atoms with Gasteiger partial charge in [0.05, 0.1) is 4.92 Å². The molecule has 0 radical (unpaired) electrons. The van der Waals surface area contributed by atoms with Crippen molar-refractivity contribution in [1.29, 1.82) is 0 Å². The van der Waals surface area contributed by atoms with Crippen LogP contribution in [0.1, 0.15) is 26.7 Å². The maximum atomic E-state index is 13.2. The quantitative estimate of drug-likeness (QED) is 0.606. The molecule has 0 spiro atoms. The molecule has 18 heavy (non-hydrogen) atoms. The van der Waals surface area contributed by atoms with Crippen LogP contribution >= 0.6 is 0 Å². The minimum Gasteiger partial charge on any atom is -0.396 e. The summed E-state index contributed by atoms with van der Waals surface area (Å²) in [5.41, 5.74) is -0.542. The van der Waals surface area contributed by atoms with Gasteiger partial charge >= 0.3 is 0 Å². The van der Waals surface area contributed by atoms with Gasteiger partial charge < -0.3 is 10.4 Å². The van der Waals surface area contributed by atoms with Crippen molar-refractivity contribution in [3.05, 3.63) is 34.1 Å². The van der Waals surface area contributed by atoms with Crippen molar-refractivity contribution in [2.75, 3.05) is 11.9 Å². The molecule has 0 aromatic heterocycles. The molecule has 0 saturated carbocycles. The Hall–Kier alpha value is -1.69. The first kappa shape index (κ1) is 14.4. The Morgan fingerprint density at radius 1 is 1.56 bits per heavy atom. The third-order valence-electron chi connectivity index (χ3n) is 3.04. The highest BCUT2D eigenvalue weighted by Gasteiger charge is 2.25. The van der Waals surface area contributed by atoms with Crippen molar-refractivity contribution in [1.82, 2.24) is 0 Å². The van der Waals surface area contributed by atoms with E-state index in [9.17, 15) is 14.5 Å². The number of nitrogens with one attached hydrogen (secondary N) is 1. The van der Waals surface area contributed by atoms with E-state index in [0.717, 1.165) is 18.2 Å². The molecule has 0 fully saturated rings. The molecule has 0 aliphatic rings. The number of nitrogens with zero attached hydrogens (tertiary/aromatic N) is 1. The highest BCUT2D eigenvalue weighted by atomic mass is 19.1. The van der Waals surface area contributed by atoms with Gasteiger partial charge in [-0.05, 0) is 25.8 Å². The molecule has 0 bridgehead atoms. The van der Waals surface area contributed by atoms with Gasteiger partial charge in [0.2, 0.25) is 0 Å². The maximum Gasteiger partial charge on any atom is 0.292 e. The fraction of sp³-hybridized carbons (Fsp3) is 0.500. The van der Waals surface area contributed by atoms with Gasteiger partial charge in [-0.3, -0.25) is 10.1 Å². The predicted octanol–water partition coefficient (Wildman–Crippen LogP) is 2.70. The first-order chi connectivity index (χ1) is 8.41. The number of benzene rings is 1. The molecule has 0 aliphatic carbocycles. The summed E-state index contributed by atoms with van der Waals surface area (Å²) in [5.74, 6) is -0.537. The molecule has 1 rings (SSSR count). The lowest BCUT2D eigenvalue weighted by Gasteiger charge is -2.30. The molecule has 2 N–H and O–H groups in total. The second-order valence-electron chi connectivity index (χ2n) is 4.43. The van der Waals surface area contributed by atoms with Crippen LogP contribution in [0.3, 0.4) is 0 Å². The van der Waals surface area contributed by atoms with Gasteiger partial charge in [0.25, 0.3) is 5.69 Å². The van der Waals surface area contributed by atoms with Gasteiger partial charge in [-0.1, -0.05) is 6.92 Å². The van der Waals surface area contributed by atoms with Crippen LogP contribution in [0.4, 0.5) is 15.8 Å². The van der Waals surface area contributed by atoms with Crippen LogP contribution in [0.2, 0.25) is 0 Å². The van der Waals surface area contributed by atoms with Crippen LogP contribution in [0.25, 0.3) is 0 Å². The number of rotatable bonds is 6. The normalized spacial score (nSPS) is 14.0. The van der Waals surface area contributed by atoms with Crippen LogP contribution in [-0.2, 0) is 0 Å². The molecule has 100 valence electrons. The van der Waals surface area contributed by atoms with E-state index >= 15 is 0 Å². The van der Waals surface area contributed by atoms with Crippen molar-refractivity contribution in [2.45, 2.75) is 32.2 Å². The lowest BCUT2D eigenvalue weighted by Crippen LogP contribution is -2.35. The number of halogens is 1. The minimum atomic E-state index is -0.559. The number of aliphatic hydroxyl groups excluding tert-OH is 1. The molecule has 0 amide bonds. The fourth-order valence-corrected chi connectivity index (χ4v) is 1.67. The molecule has 1 aromatic rings. The average Bonchev–Trinajstić information content (AvgIpc) is 2.29. The summed E-state index contributed by atoms with van der Waals surface area (Å²) in [6.07, 6.45) is 1.08. The van der Waals surface area contributed by atoms with E-state index in [1.807, 2.05) is 13.8 Å². The SMILES string of the molecule is CCC(C)(CCO)Nc1cc(F)ccc1[N+](=O)[O-]. The fourth-order valence-electron chi connectivity index (χ4n) is 1.67. The third-order valence-corrected chi connectivity index (χ3v) is 3.04. The smallest absolute Gasteiger partial charge is 0.292 e. The van der Waals surface area contributed by atoms with Crippen molar-refractivity contribution >= 4 is 11.4 Å². The molecular formula is C12H17FN2O3. The van der Waals surface area contributed by atoms with Crippen molar-refractivity contribution in [3.8, 4) is 0 Å². The van der Waals surface area contributed by atoms with E-state index in [2.05, 4.69) is 5.32 Å². The van der Waals surface area contributed by atoms with Crippen LogP contribution in [0, 0.1) is 15.9 Å². The summed E-state index contributed by atoms with van der Waals surface area (Å²) in [6.45, 7) is 3.69. The molecular weight excluding hydrogens is 239 g/mol. The van der Waals surface area contributed by atoms with Gasteiger partial charge in [-0.15, -0.1) is 0 Å². The standard InChI is InChI=1S/C12H17FN2O3/c1-3-12(2,6-7-16)14-10-8-9(13)4-5-11(10)15(17)18/h4-5,8,14,16H,3,6-7H2,1-2H3. The number of nitro benzene ring substituents is 1. The summed E-state index contributed by atoms with van der Waals surface area (Å²) < 4.78 is 13.2. The first-order valence-corrected chi connectivity index (χ1v) is 5.75. The zero-order chi connectivity index (χ0) is 13.8. The number of aliphatic hydroxyl groups is 1. The number of hydrogen-bond acceptors (Lipinski definition) is 4. The average molecular weight is 256 g/mol. The lowest BCUT2D eigenvalue weighted by atomic mass is 9.94. The molecule has 5 nitrogen and oxygen atoms in total. The van der Waals surface area contributed by atoms with Crippen LogP contribution in [-0.4, -0.2) is 22.2 Å². The van der Waals surface area contributed by atoms with Gasteiger partial charge in [0.1, 0.15) is 11.5 Å². The van der Waals surface area contributed by atoms with Gasteiger partial charge in [0, 0.05) is 24.3 Å². The topological polar surface area (TPSA) is 75.4 Å². The molecule has 6 heteroatoms. The number of hydrogen-bond donors (Lipinski definition) is 2. The van der Waals surface area contributed by atoms with E-state index in [4.69, 9.17) is 5.11 Å². The summed E-state index contributed by atoms with van der Waals surface area (Å²) >= 11 is 0. The van der Waals surface area contributed by atoms with Gasteiger partial charge in [-0.2, -0.15) is 0 Å². The zero-order valence-electron chi connectivity index (χ0n) is 10.4. The Labute approximate surface area is 105 Å². The highest BCUT2D eigenvalue weighted by molar-refractivity contribution is 5.62. The summed E-state index contributed by atoms with van der Waals surface area (Å²) in [7, 11) is 0. The highest BCUT2D eigenvalue weighted by Crippen LogP contribution is 2.30. The molecule has 1 atom stereocenters. The van der Waals surface area contributed by atoms with Crippen molar-refractivity contribution < 1.29 is 14.4 Å². The Morgan fingerprint density at radius 2 is 2.22 bits per heavy atom. The first-order valence-electron chi connectivity index (χ1n) is 5.75. The third kappa shape index (κ3) is 3.40. The Morgan fingerprint density at radius 3 is 2.72 bits per heavy atom. The van der Waals surface area contributed by atoms with E-state index in [0.29, 0.717) is 12.8 Å². The summed E-state index contributed by atoms with van der Waals surface area (Å²) in [6, 6.07) is 3.29. The zero-order valence-corrected chi connectivity index (χ0v) is 10.4. The van der Waals surface area contributed by atoms with Gasteiger partial charge in [0.15, 0.2) is 0 Å². The maximum absolute atomic E-state index is 13.2. The van der Waals surface area contributed by atoms with Crippen LogP contribution in [0.15, 0.2) is 18.2 Å². The minimum absolute atomic E-state index is 0.0412. The van der Waals surface area contributed by atoms with E-state index in [1.54, 1.807) is 0 Å². The Balaban J connectivity index is 3.08. The second kappa shape index (κ2) is 5.77. The van der Waals surface area contributed by atoms with Crippen LogP contribution < -0.4 is 5.32 Å². The second-order valence-corrected chi connectivity index (χ2v) is 4.43. The number of nitro groups is 1.